The van der Waals surface area contributed by atoms with Gasteiger partial charge in [0, 0.05) is 18.3 Å². The lowest BCUT2D eigenvalue weighted by molar-refractivity contribution is 0.869. The number of nitrogens with two attached hydrogens (primary N) is 1. The van der Waals surface area contributed by atoms with Gasteiger partial charge in [0.15, 0.2) is 0 Å². The predicted octanol–water partition coefficient (Wildman–Crippen LogP) is 1.85. The molecule has 1 aromatic carbocycles. The summed E-state index contributed by atoms with van der Waals surface area (Å²) in [6, 6.07) is 11.1. The quantitative estimate of drug-likeness (QED) is 0.691. The van der Waals surface area contributed by atoms with Crippen LogP contribution in [0.3, 0.4) is 0 Å². The molecule has 2 rings (SSSR count). The molecule has 0 unspecified atom stereocenters. The predicted molar refractivity (Wildman–Crippen MR) is 78.6 cm³/mol. The minimum atomic E-state index is 0.602. The Kier molecular flexibility index (Phi) is 4.87. The van der Waals surface area contributed by atoms with Gasteiger partial charge in [-0.3, -0.25) is 0 Å². The van der Waals surface area contributed by atoms with E-state index in [1.165, 1.54) is 6.33 Å². The van der Waals surface area contributed by atoms with Crippen LogP contribution in [0.15, 0.2) is 36.7 Å². The van der Waals surface area contributed by atoms with Gasteiger partial charge >= 0.3 is 0 Å². The van der Waals surface area contributed by atoms with Crippen molar-refractivity contribution in [2.24, 2.45) is 5.73 Å². The fraction of sp³-hybridized carbons (Fsp3) is 0.214. The maximum atomic E-state index is 8.87. The smallest absolute Gasteiger partial charge is 0.135 e. The van der Waals surface area contributed by atoms with E-state index in [4.69, 9.17) is 11.0 Å². The van der Waals surface area contributed by atoms with Crippen LogP contribution in [-0.2, 0) is 0 Å². The Bertz CT molecular complexity index is 605. The second-order valence-corrected chi connectivity index (χ2v) is 4.18. The normalized spacial score (nSPS) is 9.80. The van der Waals surface area contributed by atoms with E-state index in [2.05, 4.69) is 26.7 Å². The van der Waals surface area contributed by atoms with E-state index in [0.29, 0.717) is 17.9 Å². The van der Waals surface area contributed by atoms with Crippen molar-refractivity contribution in [3.63, 3.8) is 0 Å². The number of nitriles is 1. The largest absolute Gasteiger partial charge is 0.370 e. The van der Waals surface area contributed by atoms with Crippen LogP contribution in [0.5, 0.6) is 0 Å². The molecule has 6 nitrogen and oxygen atoms in total. The first-order chi connectivity index (χ1) is 9.81. The van der Waals surface area contributed by atoms with Gasteiger partial charge in [0.2, 0.25) is 0 Å². The summed E-state index contributed by atoms with van der Waals surface area (Å²) in [6.45, 7) is 1.42. The molecule has 20 heavy (non-hydrogen) atoms. The van der Waals surface area contributed by atoms with Gasteiger partial charge in [-0.25, -0.2) is 9.97 Å². The third kappa shape index (κ3) is 3.93. The molecular weight excluding hydrogens is 252 g/mol. The third-order valence-corrected chi connectivity index (χ3v) is 2.62. The fourth-order valence-electron chi connectivity index (χ4n) is 1.66. The SMILES string of the molecule is N#Cc1cccc(Nc2cc(NCCCN)ncn2)c1. The molecule has 102 valence electrons. The number of anilines is 3. The summed E-state index contributed by atoms with van der Waals surface area (Å²) in [4.78, 5) is 8.28. The fourth-order valence-corrected chi connectivity index (χ4v) is 1.66. The van der Waals surface area contributed by atoms with E-state index in [-0.39, 0.29) is 0 Å². The summed E-state index contributed by atoms with van der Waals surface area (Å²) < 4.78 is 0. The molecule has 0 bridgehead atoms. The molecule has 0 aliphatic rings. The van der Waals surface area contributed by atoms with Crippen LogP contribution >= 0.6 is 0 Å². The zero-order valence-corrected chi connectivity index (χ0v) is 11.0. The van der Waals surface area contributed by atoms with Crippen molar-refractivity contribution in [2.75, 3.05) is 23.7 Å². The highest BCUT2D eigenvalue weighted by Crippen LogP contribution is 2.17. The Balaban J connectivity index is 2.05. The van der Waals surface area contributed by atoms with Crippen LogP contribution in [0.1, 0.15) is 12.0 Å². The van der Waals surface area contributed by atoms with Gasteiger partial charge in [-0.2, -0.15) is 5.26 Å². The Labute approximate surface area is 117 Å². The maximum absolute atomic E-state index is 8.87. The average Bonchev–Trinajstić information content (AvgIpc) is 2.48. The van der Waals surface area contributed by atoms with Gasteiger partial charge in [0.1, 0.15) is 18.0 Å². The summed E-state index contributed by atoms with van der Waals surface area (Å²) in [5, 5.41) is 15.2. The zero-order valence-electron chi connectivity index (χ0n) is 11.0. The van der Waals surface area contributed by atoms with E-state index in [9.17, 15) is 0 Å². The molecule has 1 heterocycles. The second kappa shape index (κ2) is 7.07. The number of aromatic nitrogens is 2. The first kappa shape index (κ1) is 13.8. The van der Waals surface area contributed by atoms with E-state index in [1.807, 2.05) is 18.2 Å². The van der Waals surface area contributed by atoms with Crippen LogP contribution in [-0.4, -0.2) is 23.1 Å². The third-order valence-electron chi connectivity index (χ3n) is 2.62. The first-order valence-corrected chi connectivity index (χ1v) is 6.35. The Morgan fingerprint density at radius 3 is 2.85 bits per heavy atom. The Morgan fingerprint density at radius 2 is 2.05 bits per heavy atom. The van der Waals surface area contributed by atoms with Gasteiger partial charge < -0.3 is 16.4 Å². The molecule has 0 amide bonds. The molecule has 2 aromatic rings. The van der Waals surface area contributed by atoms with Gasteiger partial charge in [-0.1, -0.05) is 6.07 Å². The molecule has 0 atom stereocenters. The monoisotopic (exact) mass is 268 g/mol. The Morgan fingerprint density at radius 1 is 1.20 bits per heavy atom. The lowest BCUT2D eigenvalue weighted by Crippen LogP contribution is -2.09. The minimum absolute atomic E-state index is 0.602. The van der Waals surface area contributed by atoms with E-state index in [1.54, 1.807) is 12.1 Å². The summed E-state index contributed by atoms with van der Waals surface area (Å²) in [6.07, 6.45) is 2.37. The van der Waals surface area contributed by atoms with Crippen molar-refractivity contribution in [2.45, 2.75) is 6.42 Å². The molecule has 6 heteroatoms. The summed E-state index contributed by atoms with van der Waals surface area (Å²) in [7, 11) is 0. The number of nitrogens with one attached hydrogen (secondary N) is 2. The van der Waals surface area contributed by atoms with Crippen molar-refractivity contribution in [1.82, 2.24) is 9.97 Å². The average molecular weight is 268 g/mol. The van der Waals surface area contributed by atoms with E-state index < -0.39 is 0 Å². The zero-order chi connectivity index (χ0) is 14.2. The number of rotatable bonds is 6. The molecular formula is C14H16N6. The summed E-state index contributed by atoms with van der Waals surface area (Å²) >= 11 is 0. The van der Waals surface area contributed by atoms with Crippen LogP contribution in [0.2, 0.25) is 0 Å². The van der Waals surface area contributed by atoms with Crippen LogP contribution < -0.4 is 16.4 Å². The molecule has 0 aliphatic heterocycles. The number of hydrogen-bond acceptors (Lipinski definition) is 6. The van der Waals surface area contributed by atoms with Gasteiger partial charge in [0.25, 0.3) is 0 Å². The molecule has 0 saturated carbocycles. The van der Waals surface area contributed by atoms with Crippen molar-refractivity contribution >= 4 is 17.3 Å². The molecule has 0 saturated heterocycles. The highest BCUT2D eigenvalue weighted by molar-refractivity contribution is 5.60. The topological polar surface area (TPSA) is 99.7 Å². The second-order valence-electron chi connectivity index (χ2n) is 4.18. The molecule has 1 aromatic heterocycles. The van der Waals surface area contributed by atoms with Gasteiger partial charge in [0.05, 0.1) is 11.6 Å². The number of nitrogens with zero attached hydrogens (tertiary/aromatic N) is 3. The minimum Gasteiger partial charge on any atom is -0.370 e. The molecule has 4 N–H and O–H groups in total. The van der Waals surface area contributed by atoms with Crippen LogP contribution in [0, 0.1) is 11.3 Å². The molecule has 0 aliphatic carbocycles. The Hall–Kier alpha value is -2.65. The summed E-state index contributed by atoms with van der Waals surface area (Å²) in [5.41, 5.74) is 6.86. The van der Waals surface area contributed by atoms with Crippen LogP contribution in [0.4, 0.5) is 17.3 Å². The lowest BCUT2D eigenvalue weighted by atomic mass is 10.2. The highest BCUT2D eigenvalue weighted by Gasteiger charge is 2.00. The van der Waals surface area contributed by atoms with Gasteiger partial charge in [-0.15, -0.1) is 0 Å². The number of hydrogen-bond donors (Lipinski definition) is 3. The maximum Gasteiger partial charge on any atom is 0.135 e. The summed E-state index contributed by atoms with van der Waals surface area (Å²) in [5.74, 6) is 1.41. The van der Waals surface area contributed by atoms with Crippen molar-refractivity contribution < 1.29 is 0 Å². The first-order valence-electron chi connectivity index (χ1n) is 6.35. The van der Waals surface area contributed by atoms with E-state index in [0.717, 1.165) is 24.5 Å². The molecule has 0 spiro atoms. The van der Waals surface area contributed by atoms with E-state index >= 15 is 0 Å². The van der Waals surface area contributed by atoms with Gasteiger partial charge in [-0.05, 0) is 31.2 Å². The van der Waals surface area contributed by atoms with Crippen molar-refractivity contribution in [1.29, 1.82) is 5.26 Å². The standard InChI is InChI=1S/C14H16N6/c15-5-2-6-17-13-8-14(19-10-18-13)20-12-4-1-3-11(7-12)9-16/h1,3-4,7-8,10H,2,5-6,15H2,(H2,17,18,19,20). The van der Waals surface area contributed by atoms with Crippen molar-refractivity contribution in [3.05, 3.63) is 42.2 Å². The highest BCUT2D eigenvalue weighted by atomic mass is 15.1. The van der Waals surface area contributed by atoms with Crippen LogP contribution in [0.25, 0.3) is 0 Å². The van der Waals surface area contributed by atoms with Crippen molar-refractivity contribution in [3.8, 4) is 6.07 Å². The molecule has 0 fully saturated rings. The number of benzene rings is 1. The lowest BCUT2D eigenvalue weighted by Gasteiger charge is -2.08. The molecule has 0 radical (unpaired) electrons.